The summed E-state index contributed by atoms with van der Waals surface area (Å²) in [4.78, 5) is 25.0. The number of piperidine rings is 1. The highest BCUT2D eigenvalue weighted by Crippen LogP contribution is 2.28. The van der Waals surface area contributed by atoms with Crippen molar-refractivity contribution in [2.45, 2.75) is 45.2 Å². The van der Waals surface area contributed by atoms with E-state index in [0.717, 1.165) is 19.3 Å². The maximum Gasteiger partial charge on any atom is 0.270 e. The molecule has 1 fully saturated rings. The van der Waals surface area contributed by atoms with Gasteiger partial charge in [-0.15, -0.1) is 0 Å². The van der Waals surface area contributed by atoms with Gasteiger partial charge < -0.3 is 10.3 Å². The van der Waals surface area contributed by atoms with Crippen LogP contribution in [0, 0.1) is 10.1 Å². The molecule has 0 saturated carbocycles. The van der Waals surface area contributed by atoms with Gasteiger partial charge in [0, 0.05) is 24.2 Å². The van der Waals surface area contributed by atoms with E-state index in [4.69, 9.17) is 5.84 Å². The number of hydrazine groups is 1. The van der Waals surface area contributed by atoms with Crippen molar-refractivity contribution >= 4 is 17.3 Å². The Hall–Kier alpha value is -2.15. The lowest BCUT2D eigenvalue weighted by Crippen LogP contribution is -2.47. The van der Waals surface area contributed by atoms with Gasteiger partial charge in [-0.1, -0.05) is 0 Å². The molecule has 1 aliphatic rings. The van der Waals surface area contributed by atoms with E-state index in [-0.39, 0.29) is 29.2 Å². The van der Waals surface area contributed by atoms with Crippen molar-refractivity contribution in [2.75, 3.05) is 5.43 Å². The van der Waals surface area contributed by atoms with Crippen LogP contribution in [0.5, 0.6) is 0 Å². The summed E-state index contributed by atoms with van der Waals surface area (Å²) in [5.41, 5.74) is 2.97. The fourth-order valence-corrected chi connectivity index (χ4v) is 2.91. The third kappa shape index (κ3) is 2.97. The smallest absolute Gasteiger partial charge is 0.270 e. The summed E-state index contributed by atoms with van der Waals surface area (Å²) in [5.74, 6) is 5.21. The van der Waals surface area contributed by atoms with Crippen LogP contribution >= 0.6 is 0 Å². The van der Waals surface area contributed by atoms with Crippen LogP contribution < -0.4 is 11.3 Å². The molecule has 2 atom stereocenters. The Balaban J connectivity index is 2.41. The van der Waals surface area contributed by atoms with Crippen LogP contribution in [0.4, 0.5) is 11.4 Å². The summed E-state index contributed by atoms with van der Waals surface area (Å²) in [7, 11) is 0. The molecule has 2 rings (SSSR count). The molecule has 3 N–H and O–H groups in total. The molecule has 0 radical (unpaired) electrons. The first-order valence-electron chi connectivity index (χ1n) is 7.03. The molecule has 7 nitrogen and oxygen atoms in total. The lowest BCUT2D eigenvalue weighted by atomic mass is 9.96. The third-order valence-electron chi connectivity index (χ3n) is 4.03. The van der Waals surface area contributed by atoms with Crippen LogP contribution in [0.3, 0.4) is 0 Å². The Kier molecular flexibility index (Phi) is 4.42. The molecular formula is C14H20N4O3. The number of carbonyl (C=O) groups is 1. The number of anilines is 1. The molecule has 2 unspecified atom stereocenters. The van der Waals surface area contributed by atoms with Gasteiger partial charge in [-0.25, -0.2) is 0 Å². The number of nitrogens with two attached hydrogens (primary N) is 1. The molecule has 1 aliphatic heterocycles. The van der Waals surface area contributed by atoms with Crippen molar-refractivity contribution in [3.63, 3.8) is 0 Å². The summed E-state index contributed by atoms with van der Waals surface area (Å²) in [6, 6.07) is 4.31. The number of nitrogens with zero attached hydrogens (tertiary/aromatic N) is 2. The van der Waals surface area contributed by atoms with Crippen molar-refractivity contribution < 1.29 is 9.72 Å². The van der Waals surface area contributed by atoms with E-state index >= 15 is 0 Å². The highest BCUT2D eigenvalue weighted by Gasteiger charge is 2.31. The molecule has 7 heteroatoms. The number of likely N-dealkylation sites (tertiary alicyclic amines) is 1. The maximum absolute atomic E-state index is 12.8. The van der Waals surface area contributed by atoms with Gasteiger partial charge >= 0.3 is 0 Å². The Morgan fingerprint density at radius 1 is 1.38 bits per heavy atom. The predicted molar refractivity (Wildman–Crippen MR) is 79.9 cm³/mol. The largest absolute Gasteiger partial charge is 0.333 e. The number of nitrogens with one attached hydrogen (secondary N) is 1. The maximum atomic E-state index is 12.8. The number of rotatable bonds is 3. The minimum absolute atomic E-state index is 0.116. The van der Waals surface area contributed by atoms with Gasteiger partial charge in [0.25, 0.3) is 11.6 Å². The Labute approximate surface area is 123 Å². The van der Waals surface area contributed by atoms with Crippen molar-refractivity contribution in [1.82, 2.24) is 4.90 Å². The molecular weight excluding hydrogens is 272 g/mol. The van der Waals surface area contributed by atoms with E-state index in [1.54, 1.807) is 4.90 Å². The topological polar surface area (TPSA) is 102 Å². The zero-order valence-corrected chi connectivity index (χ0v) is 12.2. The molecule has 0 bridgehead atoms. The van der Waals surface area contributed by atoms with Gasteiger partial charge in [0.2, 0.25) is 0 Å². The summed E-state index contributed by atoms with van der Waals surface area (Å²) < 4.78 is 0. The first-order valence-corrected chi connectivity index (χ1v) is 7.03. The fourth-order valence-electron chi connectivity index (χ4n) is 2.91. The zero-order valence-electron chi connectivity index (χ0n) is 12.2. The fraction of sp³-hybridized carbons (Fsp3) is 0.500. The molecule has 1 aromatic carbocycles. The van der Waals surface area contributed by atoms with Crippen molar-refractivity contribution in [3.8, 4) is 0 Å². The predicted octanol–water partition coefficient (Wildman–Crippen LogP) is 2.28. The van der Waals surface area contributed by atoms with E-state index in [2.05, 4.69) is 5.43 Å². The second-order valence-corrected chi connectivity index (χ2v) is 5.47. The second kappa shape index (κ2) is 6.09. The number of hydrogen-bond acceptors (Lipinski definition) is 5. The SMILES string of the molecule is CC1CCCC(C)N1C(=O)c1cc([N+](=O)[O-])ccc1NN. The van der Waals surface area contributed by atoms with E-state index in [0.29, 0.717) is 5.69 Å². The molecule has 21 heavy (non-hydrogen) atoms. The standard InChI is InChI=1S/C14H20N4O3/c1-9-4-3-5-10(2)17(9)14(19)12-8-11(18(20)21)6-7-13(12)16-15/h6-10,16H,3-5,15H2,1-2H3. The molecule has 0 aliphatic carbocycles. The third-order valence-corrected chi connectivity index (χ3v) is 4.03. The molecule has 0 aromatic heterocycles. The summed E-state index contributed by atoms with van der Waals surface area (Å²) >= 11 is 0. The summed E-state index contributed by atoms with van der Waals surface area (Å²) in [6.07, 6.45) is 2.97. The lowest BCUT2D eigenvalue weighted by molar-refractivity contribution is -0.384. The van der Waals surface area contributed by atoms with Crippen LogP contribution in [-0.4, -0.2) is 27.8 Å². The zero-order chi connectivity index (χ0) is 15.6. The van der Waals surface area contributed by atoms with Crippen molar-refractivity contribution in [2.24, 2.45) is 5.84 Å². The highest BCUT2D eigenvalue weighted by molar-refractivity contribution is 6.00. The quantitative estimate of drug-likeness (QED) is 0.505. The monoisotopic (exact) mass is 292 g/mol. The van der Waals surface area contributed by atoms with E-state index in [1.807, 2.05) is 13.8 Å². The number of nitro benzene ring substituents is 1. The minimum atomic E-state index is -0.514. The van der Waals surface area contributed by atoms with E-state index in [1.165, 1.54) is 18.2 Å². The number of hydrogen-bond donors (Lipinski definition) is 2. The number of non-ortho nitro benzene ring substituents is 1. The average molecular weight is 292 g/mol. The highest BCUT2D eigenvalue weighted by atomic mass is 16.6. The van der Waals surface area contributed by atoms with Crippen LogP contribution in [-0.2, 0) is 0 Å². The number of benzene rings is 1. The van der Waals surface area contributed by atoms with Crippen LogP contribution in [0.25, 0.3) is 0 Å². The van der Waals surface area contributed by atoms with Crippen LogP contribution in [0.1, 0.15) is 43.5 Å². The molecule has 1 saturated heterocycles. The van der Waals surface area contributed by atoms with Gasteiger partial charge in [-0.2, -0.15) is 0 Å². The van der Waals surface area contributed by atoms with Crippen LogP contribution in [0.15, 0.2) is 18.2 Å². The molecule has 1 heterocycles. The van der Waals surface area contributed by atoms with Gasteiger partial charge in [-0.3, -0.25) is 20.8 Å². The number of amides is 1. The molecule has 1 aromatic rings. The normalized spacial score (nSPS) is 22.0. The molecule has 0 spiro atoms. The average Bonchev–Trinajstić information content (AvgIpc) is 2.46. The number of nitro groups is 1. The molecule has 1 amide bonds. The number of carbonyl (C=O) groups excluding carboxylic acids is 1. The first kappa shape index (κ1) is 15.2. The van der Waals surface area contributed by atoms with Gasteiger partial charge in [0.05, 0.1) is 16.2 Å². The van der Waals surface area contributed by atoms with Gasteiger partial charge in [0.1, 0.15) is 0 Å². The minimum Gasteiger partial charge on any atom is -0.333 e. The lowest BCUT2D eigenvalue weighted by Gasteiger charge is -2.39. The number of nitrogen functional groups attached to an aromatic ring is 1. The molecule has 114 valence electrons. The second-order valence-electron chi connectivity index (χ2n) is 5.47. The van der Waals surface area contributed by atoms with Gasteiger partial charge in [-0.05, 0) is 39.2 Å². The first-order chi connectivity index (χ1) is 9.95. The van der Waals surface area contributed by atoms with Crippen LogP contribution in [0.2, 0.25) is 0 Å². The Morgan fingerprint density at radius 2 is 2.00 bits per heavy atom. The Morgan fingerprint density at radius 3 is 2.52 bits per heavy atom. The summed E-state index contributed by atoms with van der Waals surface area (Å²) in [6.45, 7) is 4.00. The van der Waals surface area contributed by atoms with E-state index in [9.17, 15) is 14.9 Å². The van der Waals surface area contributed by atoms with E-state index < -0.39 is 4.92 Å². The van der Waals surface area contributed by atoms with Gasteiger partial charge in [0.15, 0.2) is 0 Å². The van der Waals surface area contributed by atoms with Crippen molar-refractivity contribution in [3.05, 3.63) is 33.9 Å². The van der Waals surface area contributed by atoms with Crippen molar-refractivity contribution in [1.29, 1.82) is 0 Å². The summed E-state index contributed by atoms with van der Waals surface area (Å²) in [5, 5.41) is 10.9. The Bertz CT molecular complexity index is 551.